The molecule has 2 fully saturated rings. The second kappa shape index (κ2) is 7.56. The quantitative estimate of drug-likeness (QED) is 0.790. The normalized spacial score (nSPS) is 24.8. The number of rotatable bonds is 3. The van der Waals surface area contributed by atoms with E-state index in [2.05, 4.69) is 10.1 Å². The highest BCUT2D eigenvalue weighted by atomic mass is 19.1. The number of nitrogens with zero attached hydrogens (tertiary/aromatic N) is 3. The summed E-state index contributed by atoms with van der Waals surface area (Å²) in [5.74, 6) is 0.768. The summed E-state index contributed by atoms with van der Waals surface area (Å²) in [5.41, 5.74) is 2.90. The summed E-state index contributed by atoms with van der Waals surface area (Å²) in [7, 11) is 0. The van der Waals surface area contributed by atoms with Crippen molar-refractivity contribution in [1.82, 2.24) is 15.0 Å². The van der Waals surface area contributed by atoms with Gasteiger partial charge in [-0.25, -0.2) is 4.39 Å². The van der Waals surface area contributed by atoms with Crippen LogP contribution < -0.4 is 0 Å². The predicted molar refractivity (Wildman–Crippen MR) is 107 cm³/mol. The molecule has 3 aliphatic rings. The molecular weight excluding hydrogens is 369 g/mol. The molecule has 2 aliphatic heterocycles. The molecule has 2 saturated heterocycles. The average Bonchev–Trinajstić information content (AvgIpc) is 3.34. The minimum Gasteiger partial charge on any atom is -0.360 e. The third-order valence-corrected chi connectivity index (χ3v) is 6.94. The molecule has 1 aliphatic carbocycles. The monoisotopic (exact) mass is 397 g/mol. The van der Waals surface area contributed by atoms with Crippen molar-refractivity contribution in [3.8, 4) is 0 Å². The molecule has 5 nitrogen and oxygen atoms in total. The van der Waals surface area contributed by atoms with E-state index in [9.17, 15) is 9.18 Å². The van der Waals surface area contributed by atoms with Crippen LogP contribution in [0.4, 0.5) is 4.39 Å². The van der Waals surface area contributed by atoms with Crippen LogP contribution in [0.5, 0.6) is 0 Å². The Kier molecular flexibility index (Phi) is 4.90. The van der Waals surface area contributed by atoms with Gasteiger partial charge in [-0.05, 0) is 62.8 Å². The summed E-state index contributed by atoms with van der Waals surface area (Å²) in [6.45, 7) is 4.49. The van der Waals surface area contributed by atoms with E-state index < -0.39 is 0 Å². The van der Waals surface area contributed by atoms with Gasteiger partial charge in [0.2, 0.25) is 0 Å². The first-order valence-electron chi connectivity index (χ1n) is 10.9. The number of carbonyl (C=O) groups excluding carboxylic acids is 1. The van der Waals surface area contributed by atoms with E-state index in [0.29, 0.717) is 5.69 Å². The fourth-order valence-corrected chi connectivity index (χ4v) is 5.44. The van der Waals surface area contributed by atoms with E-state index in [1.807, 2.05) is 17.0 Å². The second-order valence-electron chi connectivity index (χ2n) is 9.06. The van der Waals surface area contributed by atoms with Crippen molar-refractivity contribution < 1.29 is 13.7 Å². The van der Waals surface area contributed by atoms with Gasteiger partial charge in [0.25, 0.3) is 5.91 Å². The van der Waals surface area contributed by atoms with Crippen molar-refractivity contribution in [2.75, 3.05) is 26.2 Å². The molecular formula is C23H28FN3O2. The summed E-state index contributed by atoms with van der Waals surface area (Å²) < 4.78 is 18.6. The molecule has 29 heavy (non-hydrogen) atoms. The molecule has 3 heterocycles. The molecule has 1 aromatic carbocycles. The minimum absolute atomic E-state index is 0.0458. The molecule has 0 N–H and O–H groups in total. The van der Waals surface area contributed by atoms with Crippen molar-refractivity contribution in [3.63, 3.8) is 0 Å². The fraction of sp³-hybridized carbons (Fsp3) is 0.565. The van der Waals surface area contributed by atoms with E-state index in [1.54, 1.807) is 0 Å². The standard InChI is InChI=1S/C23H28FN3O2/c24-18-8-6-17(7-9-18)14-26-12-3-10-23(15-26)11-13-27(16-23)22(28)21-19-4-1-2-5-20(19)29-25-21/h6-9H,1-5,10-16H2. The molecule has 1 atom stereocenters. The SMILES string of the molecule is O=C(c1noc2c1CCCC2)N1CCC2(CCCN(Cc3ccc(F)cc3)C2)C1. The van der Waals surface area contributed by atoms with E-state index in [4.69, 9.17) is 4.52 Å². The largest absolute Gasteiger partial charge is 0.360 e. The van der Waals surface area contributed by atoms with Crippen molar-refractivity contribution in [3.05, 3.63) is 52.7 Å². The lowest BCUT2D eigenvalue weighted by molar-refractivity contribution is 0.0667. The van der Waals surface area contributed by atoms with Crippen molar-refractivity contribution >= 4 is 5.91 Å². The highest BCUT2D eigenvalue weighted by Gasteiger charge is 2.43. The molecule has 6 heteroatoms. The Morgan fingerprint density at radius 2 is 1.90 bits per heavy atom. The van der Waals surface area contributed by atoms with Gasteiger partial charge in [0.15, 0.2) is 5.69 Å². The first kappa shape index (κ1) is 18.8. The molecule has 1 aromatic heterocycles. The Bertz CT molecular complexity index is 894. The lowest BCUT2D eigenvalue weighted by Crippen LogP contribution is -2.45. The molecule has 1 unspecified atom stereocenters. The average molecular weight is 397 g/mol. The van der Waals surface area contributed by atoms with E-state index in [1.165, 1.54) is 12.1 Å². The Morgan fingerprint density at radius 3 is 2.76 bits per heavy atom. The van der Waals surface area contributed by atoms with Gasteiger partial charge in [0.05, 0.1) is 0 Å². The number of amides is 1. The third-order valence-electron chi connectivity index (χ3n) is 6.94. The van der Waals surface area contributed by atoms with E-state index >= 15 is 0 Å². The summed E-state index contributed by atoms with van der Waals surface area (Å²) in [5, 5.41) is 4.15. The summed E-state index contributed by atoms with van der Waals surface area (Å²) in [4.78, 5) is 17.6. The number of hydrogen-bond acceptors (Lipinski definition) is 4. The van der Waals surface area contributed by atoms with Crippen LogP contribution in [0, 0.1) is 11.2 Å². The number of piperidine rings is 1. The lowest BCUT2D eigenvalue weighted by atomic mass is 9.79. The Hall–Kier alpha value is -2.21. The number of aryl methyl sites for hydroxylation is 1. The maximum Gasteiger partial charge on any atom is 0.276 e. The van der Waals surface area contributed by atoms with E-state index in [0.717, 1.165) is 94.6 Å². The van der Waals surface area contributed by atoms with Gasteiger partial charge >= 0.3 is 0 Å². The van der Waals surface area contributed by atoms with Crippen molar-refractivity contribution in [1.29, 1.82) is 0 Å². The first-order valence-corrected chi connectivity index (χ1v) is 10.9. The van der Waals surface area contributed by atoms with Gasteiger partial charge in [0, 0.05) is 43.6 Å². The Balaban J connectivity index is 1.26. The highest BCUT2D eigenvalue weighted by molar-refractivity contribution is 5.94. The fourth-order valence-electron chi connectivity index (χ4n) is 5.44. The maximum absolute atomic E-state index is 13.2. The molecule has 0 saturated carbocycles. The van der Waals surface area contributed by atoms with Crippen molar-refractivity contribution in [2.45, 2.75) is 51.5 Å². The zero-order chi connectivity index (χ0) is 19.8. The van der Waals surface area contributed by atoms with Gasteiger partial charge < -0.3 is 9.42 Å². The zero-order valence-electron chi connectivity index (χ0n) is 16.8. The van der Waals surface area contributed by atoms with Gasteiger partial charge in [-0.2, -0.15) is 0 Å². The third kappa shape index (κ3) is 3.70. The van der Waals surface area contributed by atoms with Gasteiger partial charge in [-0.3, -0.25) is 9.69 Å². The molecule has 1 amide bonds. The molecule has 2 aromatic rings. The van der Waals surface area contributed by atoms with Crippen LogP contribution in [-0.2, 0) is 19.4 Å². The number of hydrogen-bond donors (Lipinski definition) is 0. The summed E-state index contributed by atoms with van der Waals surface area (Å²) in [6.07, 6.45) is 7.38. The summed E-state index contributed by atoms with van der Waals surface area (Å²) in [6, 6.07) is 6.80. The smallest absolute Gasteiger partial charge is 0.276 e. The molecule has 1 spiro atoms. The minimum atomic E-state index is -0.191. The van der Waals surface area contributed by atoms with Gasteiger partial charge in [0.1, 0.15) is 11.6 Å². The van der Waals surface area contributed by atoms with Crippen LogP contribution in [0.3, 0.4) is 0 Å². The molecule has 154 valence electrons. The number of fused-ring (bicyclic) bond motifs is 1. The predicted octanol–water partition coefficient (Wildman–Crippen LogP) is 3.82. The number of likely N-dealkylation sites (tertiary alicyclic amines) is 2. The summed E-state index contributed by atoms with van der Waals surface area (Å²) >= 11 is 0. The molecule has 5 rings (SSSR count). The first-order chi connectivity index (χ1) is 14.1. The van der Waals surface area contributed by atoms with Crippen LogP contribution in [0.1, 0.15) is 59.5 Å². The highest BCUT2D eigenvalue weighted by Crippen LogP contribution is 2.40. The number of carbonyl (C=O) groups is 1. The second-order valence-corrected chi connectivity index (χ2v) is 9.06. The maximum atomic E-state index is 13.2. The van der Waals surface area contributed by atoms with Crippen molar-refractivity contribution in [2.24, 2.45) is 5.41 Å². The number of benzene rings is 1. The topological polar surface area (TPSA) is 49.6 Å². The lowest BCUT2D eigenvalue weighted by Gasteiger charge is -2.40. The van der Waals surface area contributed by atoms with Crippen LogP contribution in [0.2, 0.25) is 0 Å². The Labute approximate surface area is 170 Å². The Morgan fingerprint density at radius 1 is 1.07 bits per heavy atom. The van der Waals surface area contributed by atoms with Gasteiger partial charge in [-0.1, -0.05) is 17.3 Å². The van der Waals surface area contributed by atoms with Crippen LogP contribution in [0.25, 0.3) is 0 Å². The van der Waals surface area contributed by atoms with E-state index in [-0.39, 0.29) is 17.1 Å². The molecule has 0 radical (unpaired) electrons. The van der Waals surface area contributed by atoms with Crippen LogP contribution in [-0.4, -0.2) is 47.0 Å². The molecule has 0 bridgehead atoms. The zero-order valence-corrected chi connectivity index (χ0v) is 16.8. The van der Waals surface area contributed by atoms with Crippen LogP contribution >= 0.6 is 0 Å². The number of aromatic nitrogens is 1. The van der Waals surface area contributed by atoms with Crippen LogP contribution in [0.15, 0.2) is 28.8 Å². The number of halogens is 1. The van der Waals surface area contributed by atoms with Gasteiger partial charge in [-0.15, -0.1) is 0 Å².